The fourth-order valence-electron chi connectivity index (χ4n) is 5.21. The zero-order valence-electron chi connectivity index (χ0n) is 19.4. The summed E-state index contributed by atoms with van der Waals surface area (Å²) in [4.78, 5) is 30.1. The molecule has 35 heavy (non-hydrogen) atoms. The maximum Gasteiger partial charge on any atom is 0.244 e. The van der Waals surface area contributed by atoms with E-state index in [1.54, 1.807) is 4.90 Å². The van der Waals surface area contributed by atoms with Gasteiger partial charge in [-0.15, -0.1) is 11.3 Å². The lowest BCUT2D eigenvalue weighted by atomic mass is 10.0. The van der Waals surface area contributed by atoms with Gasteiger partial charge in [-0.2, -0.15) is 0 Å². The highest BCUT2D eigenvalue weighted by atomic mass is 32.1. The van der Waals surface area contributed by atoms with E-state index in [1.807, 2.05) is 17.4 Å². The Balaban J connectivity index is 1.26. The molecule has 6 heteroatoms. The van der Waals surface area contributed by atoms with Crippen molar-refractivity contribution in [2.45, 2.75) is 19.0 Å². The highest BCUT2D eigenvalue weighted by molar-refractivity contribution is 7.19. The van der Waals surface area contributed by atoms with Crippen molar-refractivity contribution in [1.82, 2.24) is 15.1 Å². The predicted molar refractivity (Wildman–Crippen MR) is 140 cm³/mol. The first-order chi connectivity index (χ1) is 17.2. The van der Waals surface area contributed by atoms with Gasteiger partial charge in [-0.25, -0.2) is 0 Å². The van der Waals surface area contributed by atoms with Crippen molar-refractivity contribution in [3.63, 3.8) is 0 Å². The lowest BCUT2D eigenvalue weighted by Crippen LogP contribution is -2.65. The molecular weight excluding hydrogens is 454 g/mol. The molecule has 3 heterocycles. The smallest absolute Gasteiger partial charge is 0.244 e. The molecule has 2 aliphatic rings. The molecule has 0 saturated carbocycles. The van der Waals surface area contributed by atoms with Gasteiger partial charge in [-0.1, -0.05) is 72.8 Å². The van der Waals surface area contributed by atoms with Crippen LogP contribution in [0.25, 0.3) is 21.2 Å². The first-order valence-corrected chi connectivity index (χ1v) is 12.9. The SMILES string of the molecule is O=C1NCC(=O)N2CCN(Cc3c(Cc4ccc(-c5ccccc5)cc4)sc4ccccc34)CC12. The maximum atomic E-state index is 12.4. The van der Waals surface area contributed by atoms with Crippen LogP contribution in [0.15, 0.2) is 78.9 Å². The summed E-state index contributed by atoms with van der Waals surface area (Å²) in [6, 6.07) is 27.5. The number of thiophene rings is 1. The van der Waals surface area contributed by atoms with Crippen molar-refractivity contribution in [2.75, 3.05) is 26.2 Å². The topological polar surface area (TPSA) is 52.7 Å². The number of hydrogen-bond donors (Lipinski definition) is 1. The van der Waals surface area contributed by atoms with Gasteiger partial charge in [-0.05, 0) is 33.7 Å². The number of benzene rings is 3. The van der Waals surface area contributed by atoms with E-state index in [1.165, 1.54) is 37.2 Å². The molecule has 2 amide bonds. The van der Waals surface area contributed by atoms with E-state index in [0.29, 0.717) is 13.1 Å². The van der Waals surface area contributed by atoms with E-state index in [-0.39, 0.29) is 24.4 Å². The summed E-state index contributed by atoms with van der Waals surface area (Å²) in [6.45, 7) is 2.87. The van der Waals surface area contributed by atoms with Gasteiger partial charge >= 0.3 is 0 Å². The van der Waals surface area contributed by atoms with Gasteiger partial charge in [0.25, 0.3) is 0 Å². The number of fused-ring (bicyclic) bond motifs is 2. The average molecular weight is 482 g/mol. The minimum absolute atomic E-state index is 0.0230. The Kier molecular flexibility index (Phi) is 5.84. The molecule has 1 N–H and O–H groups in total. The maximum absolute atomic E-state index is 12.4. The van der Waals surface area contributed by atoms with Crippen molar-refractivity contribution >= 4 is 33.2 Å². The van der Waals surface area contributed by atoms with Crippen LogP contribution < -0.4 is 5.32 Å². The number of carbonyl (C=O) groups excluding carboxylic acids is 2. The quantitative estimate of drug-likeness (QED) is 0.462. The lowest BCUT2D eigenvalue weighted by Gasteiger charge is -2.43. The van der Waals surface area contributed by atoms with Crippen LogP contribution in [0, 0.1) is 0 Å². The predicted octanol–water partition coefficient (Wildman–Crippen LogP) is 4.30. The highest BCUT2D eigenvalue weighted by Crippen LogP contribution is 2.34. The third-order valence-corrected chi connectivity index (χ3v) is 8.30. The van der Waals surface area contributed by atoms with E-state index < -0.39 is 0 Å². The van der Waals surface area contributed by atoms with Gasteiger partial charge in [0, 0.05) is 42.2 Å². The number of carbonyl (C=O) groups is 2. The molecule has 176 valence electrons. The standard InChI is InChI=1S/C29H27N3O2S/c33-28-17-30-29(34)25-19-31(14-15-32(25)28)18-24-23-8-4-5-9-26(23)35-27(24)16-20-10-12-22(13-11-20)21-6-2-1-3-7-21/h1-13,25H,14-19H2,(H,30,34). The fourth-order valence-corrected chi connectivity index (χ4v) is 6.46. The van der Waals surface area contributed by atoms with Gasteiger partial charge in [0.2, 0.25) is 11.8 Å². The molecule has 2 saturated heterocycles. The highest BCUT2D eigenvalue weighted by Gasteiger charge is 2.38. The molecule has 6 rings (SSSR count). The third-order valence-electron chi connectivity index (χ3n) is 7.09. The minimum Gasteiger partial charge on any atom is -0.345 e. The number of nitrogens with zero attached hydrogens (tertiary/aromatic N) is 2. The first kappa shape index (κ1) is 22.0. The van der Waals surface area contributed by atoms with E-state index in [9.17, 15) is 9.59 Å². The molecule has 2 aliphatic heterocycles. The molecule has 5 nitrogen and oxygen atoms in total. The monoisotopic (exact) mass is 481 g/mol. The molecule has 2 fully saturated rings. The molecule has 0 spiro atoms. The number of piperazine rings is 2. The zero-order valence-corrected chi connectivity index (χ0v) is 20.3. The van der Waals surface area contributed by atoms with E-state index in [4.69, 9.17) is 0 Å². The summed E-state index contributed by atoms with van der Waals surface area (Å²) in [7, 11) is 0. The average Bonchev–Trinajstić information content (AvgIpc) is 3.24. The van der Waals surface area contributed by atoms with Gasteiger partial charge in [0.15, 0.2) is 0 Å². The second kappa shape index (κ2) is 9.29. The van der Waals surface area contributed by atoms with Crippen LogP contribution >= 0.6 is 11.3 Å². The van der Waals surface area contributed by atoms with Crippen molar-refractivity contribution in [2.24, 2.45) is 0 Å². The number of amides is 2. The second-order valence-corrected chi connectivity index (χ2v) is 10.4. The number of rotatable bonds is 5. The van der Waals surface area contributed by atoms with Crippen LogP contribution in [0.2, 0.25) is 0 Å². The Morgan fingerprint density at radius 3 is 2.43 bits per heavy atom. The largest absolute Gasteiger partial charge is 0.345 e. The lowest BCUT2D eigenvalue weighted by molar-refractivity contribution is -0.149. The zero-order chi connectivity index (χ0) is 23.8. The van der Waals surface area contributed by atoms with Crippen LogP contribution in [-0.2, 0) is 22.6 Å². The molecule has 0 bridgehead atoms. The van der Waals surface area contributed by atoms with Crippen LogP contribution in [0.1, 0.15) is 16.0 Å². The normalized spacial score (nSPS) is 18.5. The molecule has 1 unspecified atom stereocenters. The Hall–Kier alpha value is -3.48. The summed E-state index contributed by atoms with van der Waals surface area (Å²) in [5.41, 5.74) is 5.09. The summed E-state index contributed by atoms with van der Waals surface area (Å²) in [6.07, 6.45) is 0.881. The van der Waals surface area contributed by atoms with Gasteiger partial charge in [0.1, 0.15) is 6.04 Å². The molecular formula is C29H27N3O2S. The van der Waals surface area contributed by atoms with Crippen LogP contribution in [-0.4, -0.2) is 53.8 Å². The van der Waals surface area contributed by atoms with Crippen molar-refractivity contribution < 1.29 is 9.59 Å². The molecule has 0 radical (unpaired) electrons. The summed E-state index contributed by atoms with van der Waals surface area (Å²) >= 11 is 1.86. The Bertz CT molecular complexity index is 1380. The number of hydrogen-bond acceptors (Lipinski definition) is 4. The van der Waals surface area contributed by atoms with Crippen molar-refractivity contribution in [3.05, 3.63) is 94.9 Å². The Morgan fingerprint density at radius 2 is 1.60 bits per heavy atom. The van der Waals surface area contributed by atoms with E-state index in [0.717, 1.165) is 19.5 Å². The summed E-state index contributed by atoms with van der Waals surface area (Å²) in [5, 5.41) is 4.04. The summed E-state index contributed by atoms with van der Waals surface area (Å²) < 4.78 is 1.29. The van der Waals surface area contributed by atoms with Crippen LogP contribution in [0.5, 0.6) is 0 Å². The first-order valence-electron chi connectivity index (χ1n) is 12.1. The molecule has 4 aromatic rings. The van der Waals surface area contributed by atoms with E-state index >= 15 is 0 Å². The van der Waals surface area contributed by atoms with Crippen LogP contribution in [0.3, 0.4) is 0 Å². The van der Waals surface area contributed by atoms with Gasteiger partial charge in [0.05, 0.1) is 6.54 Å². The minimum atomic E-state index is -0.385. The van der Waals surface area contributed by atoms with Gasteiger partial charge < -0.3 is 10.2 Å². The molecule has 3 aromatic carbocycles. The van der Waals surface area contributed by atoms with Crippen molar-refractivity contribution in [1.29, 1.82) is 0 Å². The summed E-state index contributed by atoms with van der Waals surface area (Å²) in [5.74, 6) is -0.0157. The van der Waals surface area contributed by atoms with Crippen molar-refractivity contribution in [3.8, 4) is 11.1 Å². The third kappa shape index (κ3) is 4.35. The van der Waals surface area contributed by atoms with Crippen LogP contribution in [0.4, 0.5) is 0 Å². The second-order valence-electron chi connectivity index (χ2n) is 9.30. The Labute approximate surface area is 209 Å². The van der Waals surface area contributed by atoms with E-state index in [2.05, 4.69) is 83.0 Å². The van der Waals surface area contributed by atoms with Gasteiger partial charge in [-0.3, -0.25) is 14.5 Å². The molecule has 1 aromatic heterocycles. The fraction of sp³-hybridized carbons (Fsp3) is 0.241. The molecule has 1 atom stereocenters. The number of nitrogens with one attached hydrogen (secondary N) is 1. The molecule has 0 aliphatic carbocycles. The Morgan fingerprint density at radius 1 is 0.857 bits per heavy atom.